The molecule has 0 bridgehead atoms. The molecule has 2 rings (SSSR count). The Balaban J connectivity index is 2.33. The Kier molecular flexibility index (Phi) is 4.26. The van der Waals surface area contributed by atoms with Gasteiger partial charge < -0.3 is 19.7 Å². The fourth-order valence-corrected chi connectivity index (χ4v) is 1.82. The number of anilines is 1. The SMILES string of the molecule is COc1ccc(NC(=O)c2ccn(C)c(=O)c2)c(C(=O)O)c1. The van der Waals surface area contributed by atoms with Crippen LogP contribution in [0.5, 0.6) is 5.75 Å². The molecule has 0 unspecified atom stereocenters. The van der Waals surface area contributed by atoms with E-state index >= 15 is 0 Å². The monoisotopic (exact) mass is 302 g/mol. The van der Waals surface area contributed by atoms with Crippen molar-refractivity contribution < 1.29 is 19.4 Å². The molecule has 0 atom stereocenters. The first-order valence-corrected chi connectivity index (χ1v) is 6.31. The van der Waals surface area contributed by atoms with Crippen molar-refractivity contribution in [3.8, 4) is 5.75 Å². The summed E-state index contributed by atoms with van der Waals surface area (Å²) in [5, 5.41) is 11.7. The van der Waals surface area contributed by atoms with Crippen LogP contribution in [0, 0.1) is 0 Å². The number of benzene rings is 1. The van der Waals surface area contributed by atoms with Crippen LogP contribution in [0.25, 0.3) is 0 Å². The van der Waals surface area contributed by atoms with Gasteiger partial charge in [-0.25, -0.2) is 4.79 Å². The number of amides is 1. The van der Waals surface area contributed by atoms with Gasteiger partial charge in [0.15, 0.2) is 0 Å². The predicted molar refractivity (Wildman–Crippen MR) is 79.6 cm³/mol. The molecular weight excluding hydrogens is 288 g/mol. The number of hydrogen-bond donors (Lipinski definition) is 2. The number of nitrogens with one attached hydrogen (secondary N) is 1. The molecule has 1 aromatic heterocycles. The van der Waals surface area contributed by atoms with Crippen molar-refractivity contribution in [2.75, 3.05) is 12.4 Å². The lowest BCUT2D eigenvalue weighted by Gasteiger charge is -2.10. The van der Waals surface area contributed by atoms with Crippen LogP contribution >= 0.6 is 0 Å². The van der Waals surface area contributed by atoms with Gasteiger partial charge in [0.25, 0.3) is 11.5 Å². The zero-order valence-corrected chi connectivity index (χ0v) is 12.0. The minimum Gasteiger partial charge on any atom is -0.497 e. The number of ether oxygens (including phenoxy) is 1. The Morgan fingerprint density at radius 1 is 1.23 bits per heavy atom. The van der Waals surface area contributed by atoms with Crippen LogP contribution in [-0.2, 0) is 7.05 Å². The number of pyridine rings is 1. The van der Waals surface area contributed by atoms with Gasteiger partial charge in [-0.1, -0.05) is 0 Å². The second-order valence-electron chi connectivity index (χ2n) is 4.54. The fraction of sp³-hybridized carbons (Fsp3) is 0.133. The van der Waals surface area contributed by atoms with Crippen molar-refractivity contribution in [3.05, 3.63) is 58.0 Å². The van der Waals surface area contributed by atoms with E-state index in [1.54, 1.807) is 7.05 Å². The number of nitrogens with zero attached hydrogens (tertiary/aromatic N) is 1. The maximum atomic E-state index is 12.1. The van der Waals surface area contributed by atoms with E-state index in [0.717, 1.165) is 0 Å². The van der Waals surface area contributed by atoms with Gasteiger partial charge in [0, 0.05) is 24.9 Å². The van der Waals surface area contributed by atoms with Crippen molar-refractivity contribution in [2.24, 2.45) is 7.05 Å². The molecule has 1 aromatic carbocycles. The third-order valence-electron chi connectivity index (χ3n) is 3.07. The van der Waals surface area contributed by atoms with E-state index in [0.29, 0.717) is 5.75 Å². The second-order valence-corrected chi connectivity index (χ2v) is 4.54. The van der Waals surface area contributed by atoms with Gasteiger partial charge in [-0.2, -0.15) is 0 Å². The number of carboxylic acid groups (broad SMARTS) is 1. The molecule has 0 fully saturated rings. The molecule has 1 heterocycles. The molecule has 0 saturated carbocycles. The molecule has 0 aliphatic rings. The molecule has 22 heavy (non-hydrogen) atoms. The predicted octanol–water partition coefficient (Wildman–Crippen LogP) is 1.34. The van der Waals surface area contributed by atoms with Gasteiger partial charge in [-0.3, -0.25) is 9.59 Å². The highest BCUT2D eigenvalue weighted by molar-refractivity contribution is 6.07. The Labute approximate surface area is 125 Å². The van der Waals surface area contributed by atoms with E-state index in [4.69, 9.17) is 4.74 Å². The molecule has 2 N–H and O–H groups in total. The minimum atomic E-state index is -1.20. The normalized spacial score (nSPS) is 10.1. The minimum absolute atomic E-state index is 0.100. The van der Waals surface area contributed by atoms with Crippen molar-refractivity contribution in [2.45, 2.75) is 0 Å². The molecule has 2 aromatic rings. The molecule has 0 radical (unpaired) electrons. The van der Waals surface area contributed by atoms with Gasteiger partial charge in [-0.15, -0.1) is 0 Å². The Morgan fingerprint density at radius 3 is 2.55 bits per heavy atom. The van der Waals surface area contributed by atoms with E-state index in [1.807, 2.05) is 0 Å². The zero-order valence-electron chi connectivity index (χ0n) is 12.0. The highest BCUT2D eigenvalue weighted by Crippen LogP contribution is 2.22. The van der Waals surface area contributed by atoms with Crippen molar-refractivity contribution >= 4 is 17.6 Å². The molecule has 114 valence electrons. The maximum Gasteiger partial charge on any atom is 0.337 e. The molecule has 1 amide bonds. The van der Waals surface area contributed by atoms with Crippen LogP contribution in [-0.4, -0.2) is 28.7 Å². The standard InChI is InChI=1S/C15H14N2O5/c1-17-6-5-9(7-13(17)18)14(19)16-12-4-3-10(22-2)8-11(12)15(20)21/h3-8H,1-2H3,(H,16,19)(H,20,21). The summed E-state index contributed by atoms with van der Waals surface area (Å²) >= 11 is 0. The summed E-state index contributed by atoms with van der Waals surface area (Å²) in [5.74, 6) is -1.40. The number of rotatable bonds is 4. The van der Waals surface area contributed by atoms with Crippen molar-refractivity contribution in [1.82, 2.24) is 4.57 Å². The van der Waals surface area contributed by atoms with Crippen LogP contribution < -0.4 is 15.6 Å². The lowest BCUT2D eigenvalue weighted by Crippen LogP contribution is -2.20. The van der Waals surface area contributed by atoms with E-state index in [9.17, 15) is 19.5 Å². The van der Waals surface area contributed by atoms with Crippen molar-refractivity contribution in [1.29, 1.82) is 0 Å². The van der Waals surface area contributed by atoms with Crippen LogP contribution in [0.2, 0.25) is 0 Å². The number of carbonyl (C=O) groups is 2. The summed E-state index contributed by atoms with van der Waals surface area (Å²) in [6.07, 6.45) is 1.46. The largest absolute Gasteiger partial charge is 0.497 e. The average Bonchev–Trinajstić information content (AvgIpc) is 2.50. The lowest BCUT2D eigenvalue weighted by atomic mass is 10.1. The maximum absolute atomic E-state index is 12.1. The number of aromatic carboxylic acids is 1. The number of aryl methyl sites for hydroxylation is 1. The molecule has 0 aliphatic carbocycles. The summed E-state index contributed by atoms with van der Waals surface area (Å²) in [7, 11) is 2.98. The molecular formula is C15H14N2O5. The van der Waals surface area contributed by atoms with Crippen LogP contribution in [0.15, 0.2) is 41.3 Å². The van der Waals surface area contributed by atoms with Gasteiger partial charge in [0.05, 0.1) is 18.4 Å². The summed E-state index contributed by atoms with van der Waals surface area (Å²) in [5.41, 5.74) is -0.161. The summed E-state index contributed by atoms with van der Waals surface area (Å²) < 4.78 is 6.28. The fourth-order valence-electron chi connectivity index (χ4n) is 1.82. The Hall–Kier alpha value is -3.09. The molecule has 0 spiro atoms. The third-order valence-corrected chi connectivity index (χ3v) is 3.07. The number of aromatic nitrogens is 1. The van der Waals surface area contributed by atoms with E-state index in [2.05, 4.69) is 5.32 Å². The summed E-state index contributed by atoms with van der Waals surface area (Å²) in [4.78, 5) is 34.9. The van der Waals surface area contributed by atoms with Crippen LogP contribution in [0.4, 0.5) is 5.69 Å². The van der Waals surface area contributed by atoms with Gasteiger partial charge in [-0.05, 0) is 24.3 Å². The Bertz CT molecular complexity index is 795. The smallest absolute Gasteiger partial charge is 0.337 e. The molecule has 7 heteroatoms. The number of methoxy groups -OCH3 is 1. The first-order valence-electron chi connectivity index (χ1n) is 6.31. The van der Waals surface area contributed by atoms with Crippen molar-refractivity contribution in [3.63, 3.8) is 0 Å². The average molecular weight is 302 g/mol. The highest BCUT2D eigenvalue weighted by atomic mass is 16.5. The highest BCUT2D eigenvalue weighted by Gasteiger charge is 2.15. The molecule has 7 nitrogen and oxygen atoms in total. The quantitative estimate of drug-likeness (QED) is 0.888. The van der Waals surface area contributed by atoms with Gasteiger partial charge in [0.2, 0.25) is 0 Å². The second kappa shape index (κ2) is 6.13. The van der Waals surface area contributed by atoms with E-state index in [-0.39, 0.29) is 22.4 Å². The summed E-state index contributed by atoms with van der Waals surface area (Å²) in [6.45, 7) is 0. The summed E-state index contributed by atoms with van der Waals surface area (Å²) in [6, 6.07) is 6.93. The first-order chi connectivity index (χ1) is 10.4. The number of carbonyl (C=O) groups excluding carboxylic acids is 1. The lowest BCUT2D eigenvalue weighted by molar-refractivity contribution is 0.0697. The van der Waals surface area contributed by atoms with Crippen LogP contribution in [0.3, 0.4) is 0 Å². The van der Waals surface area contributed by atoms with E-state index in [1.165, 1.54) is 48.2 Å². The molecule has 0 saturated heterocycles. The van der Waals surface area contributed by atoms with Gasteiger partial charge >= 0.3 is 5.97 Å². The van der Waals surface area contributed by atoms with E-state index < -0.39 is 11.9 Å². The third kappa shape index (κ3) is 3.14. The van der Waals surface area contributed by atoms with Crippen LogP contribution in [0.1, 0.15) is 20.7 Å². The zero-order chi connectivity index (χ0) is 16.3. The number of carboxylic acids is 1. The van der Waals surface area contributed by atoms with Gasteiger partial charge in [0.1, 0.15) is 5.75 Å². The number of hydrogen-bond acceptors (Lipinski definition) is 4. The topological polar surface area (TPSA) is 97.6 Å². The first kappa shape index (κ1) is 15.3. The molecule has 0 aliphatic heterocycles. The Morgan fingerprint density at radius 2 is 1.95 bits per heavy atom.